The predicted molar refractivity (Wildman–Crippen MR) is 73.5 cm³/mol. The van der Waals surface area contributed by atoms with Crippen LogP contribution in [0.15, 0.2) is 33.6 Å². The minimum Gasteiger partial charge on any atom is -0.419 e. The molecule has 2 aromatic rings. The van der Waals surface area contributed by atoms with Crippen LogP contribution in [0.1, 0.15) is 19.2 Å². The SMILES string of the molecule is CCCNCc1nnc(-c2ccccc2SC)o1. The molecule has 0 aliphatic carbocycles. The van der Waals surface area contributed by atoms with Crippen LogP contribution in [0.2, 0.25) is 0 Å². The summed E-state index contributed by atoms with van der Waals surface area (Å²) in [4.78, 5) is 1.15. The lowest BCUT2D eigenvalue weighted by atomic mass is 10.2. The van der Waals surface area contributed by atoms with Crippen molar-refractivity contribution >= 4 is 11.8 Å². The van der Waals surface area contributed by atoms with E-state index in [1.165, 1.54) is 0 Å². The van der Waals surface area contributed by atoms with Crippen LogP contribution in [0.25, 0.3) is 11.5 Å². The summed E-state index contributed by atoms with van der Waals surface area (Å²) in [5.41, 5.74) is 0.999. The molecule has 0 aliphatic heterocycles. The van der Waals surface area contributed by atoms with Gasteiger partial charge in [0.05, 0.1) is 12.1 Å². The summed E-state index contributed by atoms with van der Waals surface area (Å²) < 4.78 is 5.66. The van der Waals surface area contributed by atoms with Gasteiger partial charge in [-0.25, -0.2) is 0 Å². The maximum Gasteiger partial charge on any atom is 0.248 e. The van der Waals surface area contributed by atoms with Crippen molar-refractivity contribution in [1.29, 1.82) is 0 Å². The fourth-order valence-corrected chi connectivity index (χ4v) is 2.22. The molecular formula is C13H17N3OS. The Balaban J connectivity index is 2.13. The van der Waals surface area contributed by atoms with Gasteiger partial charge in [0.25, 0.3) is 0 Å². The number of rotatable bonds is 6. The molecule has 0 saturated carbocycles. The highest BCUT2D eigenvalue weighted by atomic mass is 32.2. The van der Waals surface area contributed by atoms with Crippen molar-refractivity contribution in [3.05, 3.63) is 30.2 Å². The zero-order valence-electron chi connectivity index (χ0n) is 10.6. The molecule has 1 N–H and O–H groups in total. The average molecular weight is 263 g/mol. The van der Waals surface area contributed by atoms with Gasteiger partial charge in [-0.15, -0.1) is 22.0 Å². The minimum atomic E-state index is 0.591. The van der Waals surface area contributed by atoms with Crippen LogP contribution in [0.4, 0.5) is 0 Å². The van der Waals surface area contributed by atoms with Crippen molar-refractivity contribution in [1.82, 2.24) is 15.5 Å². The van der Waals surface area contributed by atoms with Crippen LogP contribution in [0.5, 0.6) is 0 Å². The van der Waals surface area contributed by atoms with Crippen LogP contribution in [0, 0.1) is 0 Å². The third kappa shape index (κ3) is 3.11. The first kappa shape index (κ1) is 13.1. The monoisotopic (exact) mass is 263 g/mol. The summed E-state index contributed by atoms with van der Waals surface area (Å²) in [6.45, 7) is 3.71. The number of hydrogen-bond acceptors (Lipinski definition) is 5. The molecule has 0 unspecified atom stereocenters. The van der Waals surface area contributed by atoms with Crippen LogP contribution in [-0.4, -0.2) is 23.0 Å². The highest BCUT2D eigenvalue weighted by Crippen LogP contribution is 2.28. The Morgan fingerprint density at radius 2 is 2.11 bits per heavy atom. The lowest BCUT2D eigenvalue weighted by Gasteiger charge is -2.01. The molecule has 1 heterocycles. The summed E-state index contributed by atoms with van der Waals surface area (Å²) in [6, 6.07) is 8.05. The second-order valence-electron chi connectivity index (χ2n) is 3.88. The number of thioether (sulfide) groups is 1. The minimum absolute atomic E-state index is 0.591. The molecule has 4 nitrogen and oxygen atoms in total. The van der Waals surface area contributed by atoms with Crippen molar-refractivity contribution in [2.75, 3.05) is 12.8 Å². The fraction of sp³-hybridized carbons (Fsp3) is 0.385. The van der Waals surface area contributed by atoms with E-state index in [1.807, 2.05) is 24.5 Å². The number of nitrogens with zero attached hydrogens (tertiary/aromatic N) is 2. The Labute approximate surface area is 111 Å². The molecule has 0 bridgehead atoms. The molecular weight excluding hydrogens is 246 g/mol. The van der Waals surface area contributed by atoms with Gasteiger partial charge in [0.2, 0.25) is 11.8 Å². The predicted octanol–water partition coefficient (Wildman–Crippen LogP) is 2.96. The van der Waals surface area contributed by atoms with Crippen molar-refractivity contribution in [2.24, 2.45) is 0 Å². The molecule has 0 spiro atoms. The first-order valence-electron chi connectivity index (χ1n) is 6.01. The highest BCUT2D eigenvalue weighted by Gasteiger charge is 2.11. The summed E-state index contributed by atoms with van der Waals surface area (Å²) in [5, 5.41) is 11.4. The molecule has 18 heavy (non-hydrogen) atoms. The van der Waals surface area contributed by atoms with E-state index in [2.05, 4.69) is 28.5 Å². The van der Waals surface area contributed by atoms with E-state index >= 15 is 0 Å². The highest BCUT2D eigenvalue weighted by molar-refractivity contribution is 7.98. The van der Waals surface area contributed by atoms with E-state index in [4.69, 9.17) is 4.42 Å². The first-order valence-corrected chi connectivity index (χ1v) is 7.24. The van der Waals surface area contributed by atoms with Crippen molar-refractivity contribution < 1.29 is 4.42 Å². The third-order valence-corrected chi connectivity index (χ3v) is 3.30. The summed E-state index contributed by atoms with van der Waals surface area (Å²) in [5.74, 6) is 1.22. The Hall–Kier alpha value is -1.33. The lowest BCUT2D eigenvalue weighted by Crippen LogP contribution is -2.13. The molecule has 0 amide bonds. The van der Waals surface area contributed by atoms with E-state index < -0.39 is 0 Å². The number of benzene rings is 1. The molecule has 5 heteroatoms. The van der Waals surface area contributed by atoms with Gasteiger partial charge in [-0.3, -0.25) is 0 Å². The molecule has 0 aliphatic rings. The van der Waals surface area contributed by atoms with E-state index in [-0.39, 0.29) is 0 Å². The number of hydrogen-bond donors (Lipinski definition) is 1. The van der Waals surface area contributed by atoms with Crippen molar-refractivity contribution in [3.8, 4) is 11.5 Å². The molecule has 0 radical (unpaired) electrons. The molecule has 1 aromatic carbocycles. The summed E-state index contributed by atoms with van der Waals surface area (Å²) in [7, 11) is 0. The Morgan fingerprint density at radius 1 is 1.28 bits per heavy atom. The molecule has 96 valence electrons. The quantitative estimate of drug-likeness (QED) is 0.641. The van der Waals surface area contributed by atoms with Gasteiger partial charge in [0.15, 0.2) is 0 Å². The smallest absolute Gasteiger partial charge is 0.248 e. The Morgan fingerprint density at radius 3 is 2.89 bits per heavy atom. The second kappa shape index (κ2) is 6.56. The lowest BCUT2D eigenvalue weighted by molar-refractivity contribution is 0.477. The van der Waals surface area contributed by atoms with E-state index in [1.54, 1.807) is 11.8 Å². The van der Waals surface area contributed by atoms with Crippen molar-refractivity contribution in [3.63, 3.8) is 0 Å². The normalized spacial score (nSPS) is 10.8. The summed E-state index contributed by atoms with van der Waals surface area (Å²) >= 11 is 1.68. The third-order valence-electron chi connectivity index (χ3n) is 2.51. The van der Waals surface area contributed by atoms with Gasteiger partial charge >= 0.3 is 0 Å². The maximum absolute atomic E-state index is 5.66. The van der Waals surface area contributed by atoms with Crippen LogP contribution in [0.3, 0.4) is 0 Å². The molecule has 0 fully saturated rings. The van der Waals surface area contributed by atoms with Crippen LogP contribution in [-0.2, 0) is 6.54 Å². The van der Waals surface area contributed by atoms with Gasteiger partial charge in [-0.1, -0.05) is 19.1 Å². The fourth-order valence-electron chi connectivity index (χ4n) is 1.63. The average Bonchev–Trinajstić information content (AvgIpc) is 2.88. The standard InChI is InChI=1S/C13H17N3OS/c1-3-8-14-9-12-15-16-13(17-12)10-6-4-5-7-11(10)18-2/h4-7,14H,3,8-9H2,1-2H3. The topological polar surface area (TPSA) is 51.0 Å². The van der Waals surface area contributed by atoms with Gasteiger partial charge in [0.1, 0.15) is 0 Å². The largest absolute Gasteiger partial charge is 0.419 e. The van der Waals surface area contributed by atoms with Crippen LogP contribution < -0.4 is 5.32 Å². The molecule has 2 rings (SSSR count). The van der Waals surface area contributed by atoms with E-state index in [9.17, 15) is 0 Å². The van der Waals surface area contributed by atoms with E-state index in [0.29, 0.717) is 18.3 Å². The van der Waals surface area contributed by atoms with Crippen LogP contribution >= 0.6 is 11.8 Å². The summed E-state index contributed by atoms with van der Waals surface area (Å²) in [6.07, 6.45) is 3.13. The van der Waals surface area contributed by atoms with Gasteiger partial charge in [0, 0.05) is 4.90 Å². The zero-order valence-corrected chi connectivity index (χ0v) is 11.5. The zero-order chi connectivity index (χ0) is 12.8. The first-order chi connectivity index (χ1) is 8.85. The maximum atomic E-state index is 5.66. The Bertz CT molecular complexity index is 498. The second-order valence-corrected chi connectivity index (χ2v) is 4.73. The van der Waals surface area contributed by atoms with E-state index in [0.717, 1.165) is 23.4 Å². The van der Waals surface area contributed by atoms with Gasteiger partial charge in [-0.05, 0) is 31.4 Å². The number of nitrogens with one attached hydrogen (secondary N) is 1. The van der Waals surface area contributed by atoms with Gasteiger partial charge in [-0.2, -0.15) is 0 Å². The van der Waals surface area contributed by atoms with Crippen molar-refractivity contribution in [2.45, 2.75) is 24.8 Å². The number of aromatic nitrogens is 2. The molecule has 1 aromatic heterocycles. The molecule has 0 atom stereocenters. The Kier molecular flexibility index (Phi) is 4.78. The molecule has 0 saturated heterocycles. The van der Waals surface area contributed by atoms with Gasteiger partial charge < -0.3 is 9.73 Å².